The van der Waals surface area contributed by atoms with Crippen molar-refractivity contribution >= 4 is 10.2 Å². The van der Waals surface area contributed by atoms with E-state index in [0.717, 1.165) is 25.8 Å². The molecule has 1 aliphatic rings. The quantitative estimate of drug-likeness (QED) is 0.637. The van der Waals surface area contributed by atoms with Gasteiger partial charge in [-0.1, -0.05) is 13.8 Å². The van der Waals surface area contributed by atoms with E-state index in [1.165, 1.54) is 4.31 Å². The van der Waals surface area contributed by atoms with Crippen LogP contribution in [0.25, 0.3) is 0 Å². The summed E-state index contributed by atoms with van der Waals surface area (Å²) >= 11 is 0. The molecule has 0 amide bonds. The average Bonchev–Trinajstić information content (AvgIpc) is 3.09. The first-order valence-electron chi connectivity index (χ1n) is 6.77. The second-order valence-electron chi connectivity index (χ2n) is 5.48. The maximum Gasteiger partial charge on any atom is 0.281 e. The van der Waals surface area contributed by atoms with E-state index in [9.17, 15) is 8.42 Å². The van der Waals surface area contributed by atoms with Crippen molar-refractivity contribution in [2.45, 2.75) is 39.2 Å². The van der Waals surface area contributed by atoms with Crippen LogP contribution in [0.15, 0.2) is 0 Å². The Morgan fingerprint density at radius 1 is 1.33 bits per heavy atom. The van der Waals surface area contributed by atoms with E-state index in [0.29, 0.717) is 19.0 Å². The number of nitrogens with one attached hydrogen (secondary N) is 1. The maximum absolute atomic E-state index is 12.5. The zero-order valence-electron chi connectivity index (χ0n) is 12.0. The molecule has 1 rings (SSSR count). The van der Waals surface area contributed by atoms with Gasteiger partial charge < -0.3 is 5.32 Å². The Morgan fingerprint density at radius 2 is 1.94 bits per heavy atom. The lowest BCUT2D eigenvalue weighted by atomic mass is 10.2. The van der Waals surface area contributed by atoms with Crippen LogP contribution in [0.4, 0.5) is 0 Å². The summed E-state index contributed by atoms with van der Waals surface area (Å²) in [4.78, 5) is 0. The third kappa shape index (κ3) is 4.50. The van der Waals surface area contributed by atoms with Crippen LogP contribution in [-0.2, 0) is 10.2 Å². The smallest absolute Gasteiger partial charge is 0.281 e. The third-order valence-corrected chi connectivity index (χ3v) is 5.10. The highest BCUT2D eigenvalue weighted by Gasteiger charge is 2.39. The molecule has 0 aromatic rings. The molecule has 1 saturated carbocycles. The molecule has 18 heavy (non-hydrogen) atoms. The highest BCUT2D eigenvalue weighted by Crippen LogP contribution is 2.30. The molecule has 5 nitrogen and oxygen atoms in total. The summed E-state index contributed by atoms with van der Waals surface area (Å²) in [5.74, 6) is 0.367. The Labute approximate surface area is 112 Å². The summed E-state index contributed by atoms with van der Waals surface area (Å²) in [6, 6.07) is 0.240. The first-order valence-corrected chi connectivity index (χ1v) is 8.17. The zero-order chi connectivity index (χ0) is 13.8. The third-order valence-electron chi connectivity index (χ3n) is 3.09. The fourth-order valence-corrected chi connectivity index (χ4v) is 3.72. The fraction of sp³-hybridized carbons (Fsp3) is 1.00. The fourth-order valence-electron chi connectivity index (χ4n) is 1.93. The minimum atomic E-state index is -3.27. The van der Waals surface area contributed by atoms with E-state index in [-0.39, 0.29) is 6.04 Å². The van der Waals surface area contributed by atoms with Crippen molar-refractivity contribution in [1.82, 2.24) is 13.9 Å². The minimum absolute atomic E-state index is 0.240. The number of hydrogen-bond donors (Lipinski definition) is 1. The normalized spacial score (nSPS) is 17.1. The molecular weight excluding hydrogens is 250 g/mol. The highest BCUT2D eigenvalue weighted by molar-refractivity contribution is 7.86. The Hall–Kier alpha value is -0.170. The van der Waals surface area contributed by atoms with Crippen molar-refractivity contribution in [2.24, 2.45) is 5.92 Å². The minimum Gasteiger partial charge on any atom is -0.320 e. The van der Waals surface area contributed by atoms with Gasteiger partial charge in [0.25, 0.3) is 10.2 Å². The van der Waals surface area contributed by atoms with Crippen molar-refractivity contribution in [1.29, 1.82) is 0 Å². The van der Waals surface area contributed by atoms with Crippen LogP contribution in [0.1, 0.15) is 33.1 Å². The first kappa shape index (κ1) is 15.9. The Bertz CT molecular complexity index is 339. The molecule has 0 aromatic carbocycles. The second-order valence-corrected chi connectivity index (χ2v) is 7.47. The van der Waals surface area contributed by atoms with Gasteiger partial charge in [0.2, 0.25) is 0 Å². The van der Waals surface area contributed by atoms with E-state index in [2.05, 4.69) is 19.2 Å². The molecule has 0 spiro atoms. The monoisotopic (exact) mass is 277 g/mol. The molecule has 1 N–H and O–H groups in total. The summed E-state index contributed by atoms with van der Waals surface area (Å²) in [6.45, 7) is 6.17. The standard InChI is InChI=1S/C12H27N3O2S/c1-11(2)10-15(12-6-7-12)18(16,17)14(4)9-5-8-13-3/h11-13H,5-10H2,1-4H3. The Kier molecular flexibility index (Phi) is 6.04. The van der Waals surface area contributed by atoms with Gasteiger partial charge in [0, 0.05) is 26.2 Å². The maximum atomic E-state index is 12.5. The molecule has 0 heterocycles. The number of nitrogens with zero attached hydrogens (tertiary/aromatic N) is 2. The van der Waals surface area contributed by atoms with Gasteiger partial charge in [-0.05, 0) is 38.8 Å². The van der Waals surface area contributed by atoms with Crippen LogP contribution < -0.4 is 5.32 Å². The Morgan fingerprint density at radius 3 is 2.39 bits per heavy atom. The van der Waals surface area contributed by atoms with E-state index in [4.69, 9.17) is 0 Å². The van der Waals surface area contributed by atoms with Crippen molar-refractivity contribution in [3.63, 3.8) is 0 Å². The van der Waals surface area contributed by atoms with Crippen LogP contribution in [0.5, 0.6) is 0 Å². The molecule has 0 aromatic heterocycles. The molecule has 0 bridgehead atoms. The van der Waals surface area contributed by atoms with Crippen LogP contribution in [0, 0.1) is 5.92 Å². The SMILES string of the molecule is CNCCCN(C)S(=O)(=O)N(CC(C)C)C1CC1. The van der Waals surface area contributed by atoms with E-state index in [1.807, 2.05) is 7.05 Å². The molecular formula is C12H27N3O2S. The first-order chi connectivity index (χ1) is 8.39. The van der Waals surface area contributed by atoms with E-state index < -0.39 is 10.2 Å². The van der Waals surface area contributed by atoms with Crippen LogP contribution in [0.2, 0.25) is 0 Å². The van der Waals surface area contributed by atoms with Gasteiger partial charge in [0.1, 0.15) is 0 Å². The van der Waals surface area contributed by atoms with Gasteiger partial charge in [-0.2, -0.15) is 17.0 Å². The van der Waals surface area contributed by atoms with Gasteiger partial charge in [-0.3, -0.25) is 0 Å². The topological polar surface area (TPSA) is 52.7 Å². The number of hydrogen-bond acceptors (Lipinski definition) is 3. The molecule has 0 unspecified atom stereocenters. The summed E-state index contributed by atoms with van der Waals surface area (Å²) in [5.41, 5.74) is 0. The summed E-state index contributed by atoms with van der Waals surface area (Å²) in [5, 5.41) is 3.04. The Balaban J connectivity index is 2.62. The average molecular weight is 277 g/mol. The lowest BCUT2D eigenvalue weighted by molar-refractivity contribution is 0.323. The predicted octanol–water partition coefficient (Wildman–Crippen LogP) is 0.893. The lowest BCUT2D eigenvalue weighted by Gasteiger charge is -2.28. The van der Waals surface area contributed by atoms with E-state index >= 15 is 0 Å². The molecule has 108 valence electrons. The molecule has 0 radical (unpaired) electrons. The van der Waals surface area contributed by atoms with Gasteiger partial charge in [-0.15, -0.1) is 0 Å². The van der Waals surface area contributed by atoms with Crippen molar-refractivity contribution < 1.29 is 8.42 Å². The number of rotatable bonds is 9. The molecule has 0 atom stereocenters. The van der Waals surface area contributed by atoms with Crippen molar-refractivity contribution in [3.05, 3.63) is 0 Å². The highest BCUT2D eigenvalue weighted by atomic mass is 32.2. The van der Waals surface area contributed by atoms with Gasteiger partial charge in [0.15, 0.2) is 0 Å². The summed E-state index contributed by atoms with van der Waals surface area (Å²) in [7, 11) is 0.286. The largest absolute Gasteiger partial charge is 0.320 e. The van der Waals surface area contributed by atoms with Crippen LogP contribution in [-0.4, -0.2) is 56.8 Å². The van der Waals surface area contributed by atoms with E-state index in [1.54, 1.807) is 11.4 Å². The molecule has 0 saturated heterocycles. The molecule has 0 aliphatic heterocycles. The summed E-state index contributed by atoms with van der Waals surface area (Å²) in [6.07, 6.45) is 2.86. The van der Waals surface area contributed by atoms with Crippen molar-refractivity contribution in [3.8, 4) is 0 Å². The van der Waals surface area contributed by atoms with Crippen LogP contribution >= 0.6 is 0 Å². The summed E-state index contributed by atoms with van der Waals surface area (Å²) < 4.78 is 28.1. The molecule has 1 fully saturated rings. The van der Waals surface area contributed by atoms with Crippen LogP contribution in [0.3, 0.4) is 0 Å². The van der Waals surface area contributed by atoms with Gasteiger partial charge >= 0.3 is 0 Å². The zero-order valence-corrected chi connectivity index (χ0v) is 12.8. The lowest BCUT2D eigenvalue weighted by Crippen LogP contribution is -2.45. The molecule has 1 aliphatic carbocycles. The van der Waals surface area contributed by atoms with Gasteiger partial charge in [0.05, 0.1) is 0 Å². The van der Waals surface area contributed by atoms with Gasteiger partial charge in [-0.25, -0.2) is 0 Å². The molecule has 6 heteroatoms. The predicted molar refractivity (Wildman–Crippen MR) is 74.7 cm³/mol. The van der Waals surface area contributed by atoms with Crippen molar-refractivity contribution in [2.75, 3.05) is 33.7 Å². The second kappa shape index (κ2) is 6.84.